The van der Waals surface area contributed by atoms with Gasteiger partial charge >= 0.3 is 0 Å². The van der Waals surface area contributed by atoms with Crippen molar-refractivity contribution in [1.29, 1.82) is 0 Å². The number of nitrogens with zero attached hydrogens (tertiary/aromatic N) is 1. The maximum atomic E-state index is 10.9. The summed E-state index contributed by atoms with van der Waals surface area (Å²) in [5, 5.41) is 4.60. The summed E-state index contributed by atoms with van der Waals surface area (Å²) in [4.78, 5) is 24.4. The first-order valence-corrected chi connectivity index (χ1v) is 5.64. The standard InChI is InChI=1S/C6H7N2O3.C4H7NO/c9-5-4(11-3-8-5)6-7-1-2-10-6;6-4-2-1-3-5-4/h4,6-7H,1-2H2;1-3H2,(H,5,6)/q-1;/p+1. The second kappa shape index (κ2) is 5.74. The van der Waals surface area contributed by atoms with Crippen LogP contribution in [0.3, 0.4) is 0 Å². The van der Waals surface area contributed by atoms with Gasteiger partial charge in [0.05, 0.1) is 0 Å². The lowest BCUT2D eigenvalue weighted by atomic mass is 10.3. The summed E-state index contributed by atoms with van der Waals surface area (Å²) < 4.78 is 10.0. The summed E-state index contributed by atoms with van der Waals surface area (Å²) in [5.41, 5.74) is 0. The van der Waals surface area contributed by atoms with Gasteiger partial charge in [0, 0.05) is 19.4 Å². The SMILES string of the molecule is O=C1CCCN1.O=C1N=[C-]OC1C1[NH2+]CCO1. The highest BCUT2D eigenvalue weighted by Crippen LogP contribution is 2.06. The number of carbonyl (C=O) groups is 2. The zero-order chi connectivity index (χ0) is 12.1. The molecule has 7 heteroatoms. The molecule has 3 N–H and O–H groups in total. The van der Waals surface area contributed by atoms with E-state index in [0.29, 0.717) is 6.61 Å². The van der Waals surface area contributed by atoms with Crippen LogP contribution in [0.1, 0.15) is 12.8 Å². The van der Waals surface area contributed by atoms with Crippen molar-refractivity contribution < 1.29 is 24.4 Å². The monoisotopic (exact) mass is 241 g/mol. The summed E-state index contributed by atoms with van der Waals surface area (Å²) in [7, 11) is 0. The number of rotatable bonds is 1. The normalized spacial score (nSPS) is 30.8. The highest BCUT2D eigenvalue weighted by atomic mass is 16.6. The molecule has 2 unspecified atom stereocenters. The lowest BCUT2D eigenvalue weighted by Gasteiger charge is -2.17. The van der Waals surface area contributed by atoms with Gasteiger partial charge in [-0.2, -0.15) is 0 Å². The Balaban J connectivity index is 0.000000153. The van der Waals surface area contributed by atoms with Gasteiger partial charge in [-0.1, -0.05) is 0 Å². The minimum absolute atomic E-state index is 0.204. The zero-order valence-electron chi connectivity index (χ0n) is 9.35. The molecule has 2 saturated heterocycles. The predicted octanol–water partition coefficient (Wildman–Crippen LogP) is -2.37. The smallest absolute Gasteiger partial charge is 0.220 e. The Morgan fingerprint density at radius 3 is 2.76 bits per heavy atom. The number of nitrogens with one attached hydrogen (secondary N) is 1. The molecule has 2 amide bonds. The molecule has 3 heterocycles. The number of hydrogen-bond acceptors (Lipinski definition) is 4. The molecule has 0 aromatic carbocycles. The Kier molecular flexibility index (Phi) is 4.05. The Morgan fingerprint density at radius 2 is 2.35 bits per heavy atom. The van der Waals surface area contributed by atoms with Crippen LogP contribution in [0.25, 0.3) is 0 Å². The number of quaternary nitrogens is 1. The van der Waals surface area contributed by atoms with E-state index in [4.69, 9.17) is 9.47 Å². The van der Waals surface area contributed by atoms with E-state index in [1.165, 1.54) is 0 Å². The Labute approximate surface area is 98.6 Å². The quantitative estimate of drug-likeness (QED) is 0.502. The van der Waals surface area contributed by atoms with Gasteiger partial charge < -0.3 is 29.9 Å². The minimum Gasteiger partial charge on any atom is -0.570 e. The Hall–Kier alpha value is -1.47. The maximum absolute atomic E-state index is 10.9. The van der Waals surface area contributed by atoms with Crippen LogP contribution >= 0.6 is 0 Å². The van der Waals surface area contributed by atoms with Crippen LogP contribution in [0, 0.1) is 0 Å². The lowest BCUT2D eigenvalue weighted by Crippen LogP contribution is -2.89. The predicted molar refractivity (Wildman–Crippen MR) is 56.1 cm³/mol. The van der Waals surface area contributed by atoms with Gasteiger partial charge in [-0.25, -0.2) is 0 Å². The van der Waals surface area contributed by atoms with Crippen LogP contribution in [-0.2, 0) is 19.1 Å². The van der Waals surface area contributed by atoms with Crippen LogP contribution in [0.4, 0.5) is 0 Å². The number of nitrogens with two attached hydrogens (primary N) is 1. The molecule has 0 radical (unpaired) electrons. The number of amides is 2. The van der Waals surface area contributed by atoms with Crippen molar-refractivity contribution in [3.8, 4) is 0 Å². The second-order valence-electron chi connectivity index (χ2n) is 3.89. The largest absolute Gasteiger partial charge is 0.570 e. The fourth-order valence-corrected chi connectivity index (χ4v) is 1.73. The Bertz CT molecular complexity index is 318. The van der Waals surface area contributed by atoms with E-state index >= 15 is 0 Å². The molecule has 3 rings (SSSR count). The van der Waals surface area contributed by atoms with E-state index in [9.17, 15) is 9.59 Å². The molecule has 3 aliphatic rings. The van der Waals surface area contributed by atoms with Crippen LogP contribution in [0.5, 0.6) is 0 Å². The third kappa shape index (κ3) is 3.24. The van der Waals surface area contributed by atoms with Crippen molar-refractivity contribution >= 4 is 18.2 Å². The highest BCUT2D eigenvalue weighted by molar-refractivity contribution is 5.91. The van der Waals surface area contributed by atoms with Crippen molar-refractivity contribution in [3.63, 3.8) is 0 Å². The molecule has 7 nitrogen and oxygen atoms in total. The van der Waals surface area contributed by atoms with Crippen molar-refractivity contribution in [2.45, 2.75) is 25.2 Å². The summed E-state index contributed by atoms with van der Waals surface area (Å²) in [6.07, 6.45) is 3.14. The van der Waals surface area contributed by atoms with Gasteiger partial charge in [-0.15, -0.1) is 0 Å². The molecule has 0 spiro atoms. The summed E-state index contributed by atoms with van der Waals surface area (Å²) in [6, 6.07) is 0. The summed E-state index contributed by atoms with van der Waals surface area (Å²) >= 11 is 0. The van der Waals surface area contributed by atoms with Gasteiger partial charge in [0.25, 0.3) is 0 Å². The lowest BCUT2D eigenvalue weighted by molar-refractivity contribution is -0.694. The van der Waals surface area contributed by atoms with E-state index in [1.807, 2.05) is 5.32 Å². The minimum atomic E-state index is -0.572. The maximum Gasteiger partial charge on any atom is 0.220 e. The first-order valence-electron chi connectivity index (χ1n) is 5.64. The van der Waals surface area contributed by atoms with E-state index in [2.05, 4.69) is 16.7 Å². The molecule has 17 heavy (non-hydrogen) atoms. The van der Waals surface area contributed by atoms with Gasteiger partial charge in [-0.05, 0) is 6.42 Å². The third-order valence-electron chi connectivity index (χ3n) is 2.61. The van der Waals surface area contributed by atoms with Crippen LogP contribution < -0.4 is 10.6 Å². The zero-order valence-corrected chi connectivity index (χ0v) is 9.35. The average molecular weight is 241 g/mol. The van der Waals surface area contributed by atoms with Gasteiger partial charge in [0.1, 0.15) is 19.1 Å². The van der Waals surface area contributed by atoms with Crippen LogP contribution in [-0.4, -0.2) is 50.2 Å². The molecule has 2 fully saturated rings. The third-order valence-corrected chi connectivity index (χ3v) is 2.61. The molecule has 0 aliphatic carbocycles. The van der Waals surface area contributed by atoms with Gasteiger partial charge in [0.15, 0.2) is 6.10 Å². The molecule has 2 atom stereocenters. The summed E-state index contributed by atoms with van der Waals surface area (Å²) in [6.45, 7) is 2.43. The molecule has 94 valence electrons. The number of hydrogen-bond donors (Lipinski definition) is 2. The van der Waals surface area contributed by atoms with E-state index in [1.54, 1.807) is 0 Å². The fraction of sp³-hybridized carbons (Fsp3) is 0.700. The van der Waals surface area contributed by atoms with Crippen molar-refractivity contribution in [2.24, 2.45) is 4.99 Å². The van der Waals surface area contributed by atoms with Gasteiger partial charge in [-0.3, -0.25) is 4.79 Å². The molecule has 3 aliphatic heterocycles. The summed E-state index contributed by atoms with van der Waals surface area (Å²) in [5.74, 6) is -0.0943. The van der Waals surface area contributed by atoms with Gasteiger partial charge in [0.2, 0.25) is 12.1 Å². The first kappa shape index (κ1) is 12.0. The van der Waals surface area contributed by atoms with Crippen molar-refractivity contribution in [3.05, 3.63) is 0 Å². The number of aliphatic imine (C=N–C) groups is 1. The highest BCUT2D eigenvalue weighted by Gasteiger charge is 2.31. The Morgan fingerprint density at radius 1 is 1.47 bits per heavy atom. The molecule has 0 bridgehead atoms. The molecular formula is C10H15N3O4. The number of ether oxygens (including phenoxy) is 2. The van der Waals surface area contributed by atoms with Crippen LogP contribution in [0.2, 0.25) is 0 Å². The van der Waals surface area contributed by atoms with E-state index in [-0.39, 0.29) is 18.0 Å². The first-order chi connectivity index (χ1) is 8.27. The topological polar surface area (TPSA) is 93.6 Å². The molecular weight excluding hydrogens is 226 g/mol. The van der Waals surface area contributed by atoms with Crippen LogP contribution in [0.15, 0.2) is 4.99 Å². The molecule has 0 saturated carbocycles. The number of carbonyl (C=O) groups excluding carboxylic acids is 2. The molecule has 0 aromatic heterocycles. The molecule has 0 aromatic rings. The van der Waals surface area contributed by atoms with E-state index < -0.39 is 6.10 Å². The van der Waals surface area contributed by atoms with Crippen molar-refractivity contribution in [2.75, 3.05) is 19.7 Å². The van der Waals surface area contributed by atoms with E-state index in [0.717, 1.165) is 25.9 Å². The second-order valence-corrected chi connectivity index (χ2v) is 3.89. The van der Waals surface area contributed by atoms with Crippen molar-refractivity contribution in [1.82, 2.24) is 5.32 Å². The fourth-order valence-electron chi connectivity index (χ4n) is 1.73. The average Bonchev–Trinajstić information content (AvgIpc) is 2.99.